The van der Waals surface area contributed by atoms with Crippen molar-refractivity contribution >= 4 is 27.5 Å². The van der Waals surface area contributed by atoms with Gasteiger partial charge in [0.15, 0.2) is 0 Å². The summed E-state index contributed by atoms with van der Waals surface area (Å²) in [6.45, 7) is 4.54. The van der Waals surface area contributed by atoms with Gasteiger partial charge in [0.1, 0.15) is 0 Å². The molecule has 2 atom stereocenters. The van der Waals surface area contributed by atoms with E-state index in [0.717, 1.165) is 10.0 Å². The summed E-state index contributed by atoms with van der Waals surface area (Å²) < 4.78 is 0.908. The molecular formula is C12H17BrClNO. The van der Waals surface area contributed by atoms with Crippen LogP contribution in [0.15, 0.2) is 22.7 Å². The van der Waals surface area contributed by atoms with Gasteiger partial charge in [0.05, 0.1) is 6.10 Å². The van der Waals surface area contributed by atoms with E-state index in [1.807, 2.05) is 26.0 Å². The molecule has 90 valence electrons. The second kappa shape index (κ2) is 6.01. The largest absolute Gasteiger partial charge is 0.388 e. The number of aliphatic hydroxyl groups excluding tert-OH is 1. The number of rotatable bonds is 4. The van der Waals surface area contributed by atoms with Crippen LogP contribution < -0.4 is 5.73 Å². The van der Waals surface area contributed by atoms with Crippen molar-refractivity contribution in [2.45, 2.75) is 20.0 Å². The first-order valence-electron chi connectivity index (χ1n) is 5.30. The van der Waals surface area contributed by atoms with Crippen LogP contribution in [-0.2, 0) is 0 Å². The van der Waals surface area contributed by atoms with Gasteiger partial charge in [-0.15, -0.1) is 0 Å². The molecule has 0 spiro atoms. The molecule has 2 nitrogen and oxygen atoms in total. The van der Waals surface area contributed by atoms with E-state index in [-0.39, 0.29) is 5.92 Å². The van der Waals surface area contributed by atoms with Crippen LogP contribution in [0.2, 0.25) is 5.02 Å². The van der Waals surface area contributed by atoms with E-state index in [2.05, 4.69) is 15.9 Å². The molecule has 0 saturated heterocycles. The summed E-state index contributed by atoms with van der Waals surface area (Å²) in [5.41, 5.74) is 6.42. The first-order valence-corrected chi connectivity index (χ1v) is 6.47. The molecule has 0 aliphatic carbocycles. The van der Waals surface area contributed by atoms with Crippen molar-refractivity contribution in [1.82, 2.24) is 0 Å². The van der Waals surface area contributed by atoms with Crippen LogP contribution in [0.25, 0.3) is 0 Å². The van der Waals surface area contributed by atoms with Crippen molar-refractivity contribution in [3.63, 3.8) is 0 Å². The Morgan fingerprint density at radius 3 is 2.56 bits per heavy atom. The Morgan fingerprint density at radius 2 is 2.06 bits per heavy atom. The highest BCUT2D eigenvalue weighted by molar-refractivity contribution is 9.10. The second-order valence-corrected chi connectivity index (χ2v) is 5.58. The molecule has 2 unspecified atom stereocenters. The fourth-order valence-corrected chi connectivity index (χ4v) is 2.35. The molecular weight excluding hydrogens is 289 g/mol. The van der Waals surface area contributed by atoms with Crippen molar-refractivity contribution in [3.8, 4) is 0 Å². The maximum Gasteiger partial charge on any atom is 0.0847 e. The molecule has 3 N–H and O–H groups in total. The fourth-order valence-electron chi connectivity index (χ4n) is 1.74. The van der Waals surface area contributed by atoms with Gasteiger partial charge in [0.2, 0.25) is 0 Å². The Bertz CT molecular complexity index is 357. The van der Waals surface area contributed by atoms with Crippen LogP contribution in [-0.4, -0.2) is 11.7 Å². The molecule has 0 saturated carbocycles. The predicted octanol–water partition coefficient (Wildman–Crippen LogP) is 3.37. The number of nitrogens with two attached hydrogens (primary N) is 1. The zero-order chi connectivity index (χ0) is 12.3. The summed E-state index contributed by atoms with van der Waals surface area (Å²) in [4.78, 5) is 0. The van der Waals surface area contributed by atoms with E-state index in [1.165, 1.54) is 0 Å². The van der Waals surface area contributed by atoms with Crippen molar-refractivity contribution < 1.29 is 5.11 Å². The van der Waals surface area contributed by atoms with Crippen molar-refractivity contribution in [3.05, 3.63) is 33.3 Å². The van der Waals surface area contributed by atoms with Gasteiger partial charge in [0.25, 0.3) is 0 Å². The lowest BCUT2D eigenvalue weighted by Gasteiger charge is -2.26. The number of aliphatic hydroxyl groups is 1. The lowest BCUT2D eigenvalue weighted by molar-refractivity contribution is 0.0861. The molecule has 16 heavy (non-hydrogen) atoms. The molecule has 0 radical (unpaired) electrons. The van der Waals surface area contributed by atoms with Gasteiger partial charge in [0, 0.05) is 21.0 Å². The molecule has 0 aliphatic heterocycles. The molecule has 0 bridgehead atoms. The topological polar surface area (TPSA) is 46.2 Å². The summed E-state index contributed by atoms with van der Waals surface area (Å²) in [6.07, 6.45) is -0.616. The molecule has 0 amide bonds. The van der Waals surface area contributed by atoms with Crippen LogP contribution in [0, 0.1) is 11.8 Å². The summed E-state index contributed by atoms with van der Waals surface area (Å²) in [6, 6.07) is 5.47. The monoisotopic (exact) mass is 305 g/mol. The highest BCUT2D eigenvalue weighted by atomic mass is 79.9. The van der Waals surface area contributed by atoms with E-state index < -0.39 is 6.10 Å². The lowest BCUT2D eigenvalue weighted by Crippen LogP contribution is -2.26. The second-order valence-electron chi connectivity index (χ2n) is 4.25. The van der Waals surface area contributed by atoms with E-state index in [4.69, 9.17) is 17.3 Å². The molecule has 0 heterocycles. The van der Waals surface area contributed by atoms with E-state index in [1.54, 1.807) is 6.07 Å². The minimum atomic E-state index is -0.616. The lowest BCUT2D eigenvalue weighted by atomic mass is 9.86. The quantitative estimate of drug-likeness (QED) is 0.896. The Labute approximate surface area is 110 Å². The average Bonchev–Trinajstić information content (AvgIpc) is 2.22. The van der Waals surface area contributed by atoms with Gasteiger partial charge in [-0.3, -0.25) is 0 Å². The fraction of sp³-hybridized carbons (Fsp3) is 0.500. The van der Waals surface area contributed by atoms with Gasteiger partial charge in [-0.05, 0) is 30.7 Å². The minimum absolute atomic E-state index is 0.0202. The highest BCUT2D eigenvalue weighted by Crippen LogP contribution is 2.33. The van der Waals surface area contributed by atoms with Crippen LogP contribution in [0.1, 0.15) is 25.5 Å². The number of hydrogen-bond acceptors (Lipinski definition) is 2. The third kappa shape index (κ3) is 3.20. The van der Waals surface area contributed by atoms with Crippen molar-refractivity contribution in [2.24, 2.45) is 17.6 Å². The molecule has 1 rings (SSSR count). The molecule has 4 heteroatoms. The zero-order valence-electron chi connectivity index (χ0n) is 9.45. The summed E-state index contributed by atoms with van der Waals surface area (Å²) in [5.74, 6) is 0.335. The number of benzene rings is 1. The Kier molecular flexibility index (Phi) is 5.25. The van der Waals surface area contributed by atoms with Crippen LogP contribution in [0.3, 0.4) is 0 Å². The normalized spacial score (nSPS) is 15.2. The van der Waals surface area contributed by atoms with Crippen molar-refractivity contribution in [1.29, 1.82) is 0 Å². The number of hydrogen-bond donors (Lipinski definition) is 2. The smallest absolute Gasteiger partial charge is 0.0847 e. The summed E-state index contributed by atoms with van der Waals surface area (Å²) >= 11 is 9.45. The summed E-state index contributed by atoms with van der Waals surface area (Å²) in [7, 11) is 0. The van der Waals surface area contributed by atoms with E-state index >= 15 is 0 Å². The van der Waals surface area contributed by atoms with E-state index in [0.29, 0.717) is 17.5 Å². The SMILES string of the molecule is CC(C)C(CN)C(O)c1cc(Br)ccc1Cl. The van der Waals surface area contributed by atoms with Gasteiger partial charge < -0.3 is 10.8 Å². The van der Waals surface area contributed by atoms with E-state index in [9.17, 15) is 5.11 Å². The molecule has 0 aromatic heterocycles. The first kappa shape index (κ1) is 14.0. The maximum absolute atomic E-state index is 10.3. The van der Waals surface area contributed by atoms with Gasteiger partial charge in [-0.1, -0.05) is 41.4 Å². The maximum atomic E-state index is 10.3. The molecule has 0 aliphatic rings. The molecule has 1 aromatic rings. The highest BCUT2D eigenvalue weighted by Gasteiger charge is 2.24. The van der Waals surface area contributed by atoms with Gasteiger partial charge >= 0.3 is 0 Å². The average molecular weight is 307 g/mol. The minimum Gasteiger partial charge on any atom is -0.388 e. The molecule has 1 aromatic carbocycles. The van der Waals surface area contributed by atoms with Gasteiger partial charge in [-0.25, -0.2) is 0 Å². The van der Waals surface area contributed by atoms with Gasteiger partial charge in [-0.2, -0.15) is 0 Å². The van der Waals surface area contributed by atoms with Crippen LogP contribution in [0.5, 0.6) is 0 Å². The third-order valence-electron chi connectivity index (χ3n) is 2.81. The summed E-state index contributed by atoms with van der Waals surface area (Å²) in [5, 5.41) is 10.8. The first-order chi connectivity index (χ1) is 7.47. The Hall–Kier alpha value is -0.0900. The van der Waals surface area contributed by atoms with Crippen molar-refractivity contribution in [2.75, 3.05) is 6.54 Å². The standard InChI is InChI=1S/C12H17BrClNO/c1-7(2)10(6-15)12(16)9-5-8(13)3-4-11(9)14/h3-5,7,10,12,16H,6,15H2,1-2H3. The Balaban J connectivity index is 3.02. The van der Waals surface area contributed by atoms with Crippen LogP contribution in [0.4, 0.5) is 0 Å². The van der Waals surface area contributed by atoms with Crippen LogP contribution >= 0.6 is 27.5 Å². The third-order valence-corrected chi connectivity index (χ3v) is 3.65. The zero-order valence-corrected chi connectivity index (χ0v) is 11.8. The molecule has 0 fully saturated rings. The Morgan fingerprint density at radius 1 is 1.44 bits per heavy atom. The predicted molar refractivity (Wildman–Crippen MR) is 71.5 cm³/mol. The number of halogens is 2.